The largest absolute Gasteiger partial charge is 0.355 e. The summed E-state index contributed by atoms with van der Waals surface area (Å²) in [5.74, 6) is 0.965. The van der Waals surface area contributed by atoms with E-state index in [1.807, 2.05) is 20.2 Å². The summed E-state index contributed by atoms with van der Waals surface area (Å²) in [6, 6.07) is 4.13. The molecule has 1 saturated carbocycles. The quantitative estimate of drug-likeness (QED) is 0.589. The average molecular weight is 401 g/mol. The average Bonchev–Trinajstić information content (AvgIpc) is 3.16. The molecule has 1 fully saturated rings. The van der Waals surface area contributed by atoms with Gasteiger partial charge in [0.05, 0.1) is 15.7 Å². The van der Waals surface area contributed by atoms with E-state index in [1.165, 1.54) is 4.88 Å². The highest BCUT2D eigenvalue weighted by Gasteiger charge is 2.42. The van der Waals surface area contributed by atoms with Crippen molar-refractivity contribution in [2.75, 3.05) is 27.7 Å². The van der Waals surface area contributed by atoms with Crippen LogP contribution >= 0.6 is 27.3 Å². The van der Waals surface area contributed by atoms with Gasteiger partial charge in [-0.2, -0.15) is 0 Å². The van der Waals surface area contributed by atoms with Gasteiger partial charge in [-0.3, -0.25) is 9.79 Å². The van der Waals surface area contributed by atoms with Crippen LogP contribution in [-0.4, -0.2) is 44.5 Å². The summed E-state index contributed by atoms with van der Waals surface area (Å²) in [4.78, 5) is 19.8. The number of hydrogen-bond acceptors (Lipinski definition) is 3. The van der Waals surface area contributed by atoms with Crippen LogP contribution in [0.2, 0.25) is 0 Å². The standard InChI is InChI=1S/C16H25BrN4OS/c1-18-15(19-10-12-6-7-13(17)23-12)20-11-16(8-4-5-9-16)14(22)21(2)3/h6-7H,4-5,8-11H2,1-3H3,(H2,18,19,20). The van der Waals surface area contributed by atoms with Gasteiger partial charge >= 0.3 is 0 Å². The SMILES string of the molecule is CN=C(NCc1ccc(Br)s1)NCC1(C(=O)N(C)C)CCCC1. The molecule has 0 unspecified atom stereocenters. The Kier molecular flexibility index (Phi) is 6.47. The van der Waals surface area contributed by atoms with E-state index in [4.69, 9.17) is 0 Å². The maximum absolute atomic E-state index is 12.6. The molecule has 0 radical (unpaired) electrons. The predicted molar refractivity (Wildman–Crippen MR) is 99.8 cm³/mol. The van der Waals surface area contributed by atoms with Crippen LogP contribution in [0.4, 0.5) is 0 Å². The van der Waals surface area contributed by atoms with Crippen LogP contribution in [0.15, 0.2) is 20.9 Å². The molecule has 2 N–H and O–H groups in total. The molecule has 0 aromatic carbocycles. The Hall–Kier alpha value is -1.08. The van der Waals surface area contributed by atoms with E-state index in [0.717, 1.165) is 42.0 Å². The highest BCUT2D eigenvalue weighted by atomic mass is 79.9. The predicted octanol–water partition coefficient (Wildman–Crippen LogP) is 2.82. The molecule has 5 nitrogen and oxygen atoms in total. The van der Waals surface area contributed by atoms with Gasteiger partial charge in [0, 0.05) is 32.6 Å². The molecule has 128 valence electrons. The number of hydrogen-bond donors (Lipinski definition) is 2. The van der Waals surface area contributed by atoms with Crippen LogP contribution < -0.4 is 10.6 Å². The number of nitrogens with zero attached hydrogens (tertiary/aromatic N) is 2. The minimum absolute atomic E-state index is 0.222. The monoisotopic (exact) mass is 400 g/mol. The number of thiophene rings is 1. The summed E-state index contributed by atoms with van der Waals surface area (Å²) in [6.07, 6.45) is 4.14. The van der Waals surface area contributed by atoms with Gasteiger partial charge in [-0.25, -0.2) is 0 Å². The van der Waals surface area contributed by atoms with Gasteiger partial charge in [0.2, 0.25) is 5.91 Å². The Morgan fingerprint density at radius 2 is 2.04 bits per heavy atom. The van der Waals surface area contributed by atoms with Crippen molar-refractivity contribution in [2.24, 2.45) is 10.4 Å². The van der Waals surface area contributed by atoms with Crippen LogP contribution in [0.5, 0.6) is 0 Å². The fourth-order valence-corrected chi connectivity index (χ4v) is 4.51. The third kappa shape index (κ3) is 4.70. The van der Waals surface area contributed by atoms with Crippen LogP contribution in [0.25, 0.3) is 0 Å². The third-order valence-corrected chi connectivity index (χ3v) is 5.92. The van der Waals surface area contributed by atoms with Crippen LogP contribution in [0, 0.1) is 5.41 Å². The summed E-state index contributed by atoms with van der Waals surface area (Å²) >= 11 is 5.17. The van der Waals surface area contributed by atoms with Crippen molar-refractivity contribution in [3.63, 3.8) is 0 Å². The lowest BCUT2D eigenvalue weighted by Crippen LogP contribution is -2.49. The van der Waals surface area contributed by atoms with Gasteiger partial charge in [-0.05, 0) is 40.9 Å². The van der Waals surface area contributed by atoms with Gasteiger partial charge in [0.1, 0.15) is 0 Å². The summed E-state index contributed by atoms with van der Waals surface area (Å²) in [7, 11) is 5.43. The Morgan fingerprint density at radius 1 is 1.35 bits per heavy atom. The lowest BCUT2D eigenvalue weighted by atomic mass is 9.84. The van der Waals surface area contributed by atoms with E-state index in [1.54, 1.807) is 23.3 Å². The molecule has 0 spiro atoms. The molecule has 0 bridgehead atoms. The zero-order valence-corrected chi connectivity index (χ0v) is 16.4. The molecule has 23 heavy (non-hydrogen) atoms. The van der Waals surface area contributed by atoms with E-state index in [9.17, 15) is 4.79 Å². The second kappa shape index (κ2) is 8.15. The number of carbonyl (C=O) groups excluding carboxylic acids is 1. The third-order valence-electron chi connectivity index (χ3n) is 4.30. The molecular formula is C16H25BrN4OS. The Bertz CT molecular complexity index is 564. The number of carbonyl (C=O) groups is 1. The molecule has 1 amide bonds. The molecule has 1 aliphatic carbocycles. The zero-order valence-electron chi connectivity index (χ0n) is 14.0. The van der Waals surface area contributed by atoms with Crippen molar-refractivity contribution in [3.8, 4) is 0 Å². The molecule has 0 aliphatic heterocycles. The van der Waals surface area contributed by atoms with Gasteiger partial charge in [0.15, 0.2) is 5.96 Å². The molecule has 0 atom stereocenters. The normalized spacial score (nSPS) is 17.1. The first kappa shape index (κ1) is 18.3. The number of guanidine groups is 1. The van der Waals surface area contributed by atoms with E-state index in [-0.39, 0.29) is 11.3 Å². The second-order valence-electron chi connectivity index (χ2n) is 6.17. The lowest BCUT2D eigenvalue weighted by molar-refractivity contribution is -0.138. The Labute approximate surface area is 150 Å². The minimum Gasteiger partial charge on any atom is -0.355 e. The summed E-state index contributed by atoms with van der Waals surface area (Å²) < 4.78 is 1.12. The molecule has 1 aliphatic rings. The Balaban J connectivity index is 1.92. The molecule has 0 saturated heterocycles. The highest BCUT2D eigenvalue weighted by molar-refractivity contribution is 9.11. The highest BCUT2D eigenvalue weighted by Crippen LogP contribution is 2.38. The Morgan fingerprint density at radius 3 is 2.57 bits per heavy atom. The van der Waals surface area contributed by atoms with Crippen molar-refractivity contribution in [1.82, 2.24) is 15.5 Å². The van der Waals surface area contributed by atoms with Gasteiger partial charge in [-0.1, -0.05) is 12.8 Å². The maximum Gasteiger partial charge on any atom is 0.230 e. The van der Waals surface area contributed by atoms with Crippen LogP contribution in [0.3, 0.4) is 0 Å². The molecular weight excluding hydrogens is 376 g/mol. The van der Waals surface area contributed by atoms with Gasteiger partial charge in [0.25, 0.3) is 0 Å². The van der Waals surface area contributed by atoms with E-state index < -0.39 is 0 Å². The molecule has 1 heterocycles. The first-order valence-electron chi connectivity index (χ1n) is 7.87. The molecule has 7 heteroatoms. The topological polar surface area (TPSA) is 56.7 Å². The fraction of sp³-hybridized carbons (Fsp3) is 0.625. The van der Waals surface area contributed by atoms with Gasteiger partial charge in [-0.15, -0.1) is 11.3 Å². The van der Waals surface area contributed by atoms with E-state index in [0.29, 0.717) is 6.54 Å². The summed E-state index contributed by atoms with van der Waals surface area (Å²) in [5, 5.41) is 6.66. The van der Waals surface area contributed by atoms with E-state index >= 15 is 0 Å². The van der Waals surface area contributed by atoms with Crippen LogP contribution in [-0.2, 0) is 11.3 Å². The van der Waals surface area contributed by atoms with Crippen molar-refractivity contribution >= 4 is 39.1 Å². The number of nitrogens with one attached hydrogen (secondary N) is 2. The zero-order chi connectivity index (χ0) is 16.9. The van der Waals surface area contributed by atoms with Crippen molar-refractivity contribution in [3.05, 3.63) is 20.8 Å². The number of rotatable bonds is 5. The first-order valence-corrected chi connectivity index (χ1v) is 9.48. The van der Waals surface area contributed by atoms with E-state index in [2.05, 4.69) is 37.6 Å². The number of halogens is 1. The van der Waals surface area contributed by atoms with Crippen LogP contribution in [0.1, 0.15) is 30.6 Å². The van der Waals surface area contributed by atoms with Crippen molar-refractivity contribution in [2.45, 2.75) is 32.2 Å². The minimum atomic E-state index is -0.285. The van der Waals surface area contributed by atoms with Gasteiger partial charge < -0.3 is 15.5 Å². The molecule has 1 aromatic heterocycles. The molecule has 1 aromatic rings. The number of aliphatic imine (C=N–C) groups is 1. The number of amides is 1. The second-order valence-corrected chi connectivity index (χ2v) is 8.72. The van der Waals surface area contributed by atoms with Crippen molar-refractivity contribution in [1.29, 1.82) is 0 Å². The fourth-order valence-electron chi connectivity index (χ4n) is 3.08. The lowest BCUT2D eigenvalue weighted by Gasteiger charge is -2.31. The summed E-state index contributed by atoms with van der Waals surface area (Å²) in [5.41, 5.74) is -0.285. The maximum atomic E-state index is 12.6. The summed E-state index contributed by atoms with van der Waals surface area (Å²) in [6.45, 7) is 1.36. The molecule has 2 rings (SSSR count). The first-order chi connectivity index (χ1) is 11.0. The smallest absolute Gasteiger partial charge is 0.230 e. The van der Waals surface area contributed by atoms with Crippen molar-refractivity contribution < 1.29 is 4.79 Å².